The molecule has 0 unspecified atom stereocenters. The lowest BCUT2D eigenvalue weighted by Gasteiger charge is -2.22. The molecular formula is C14H23N3O. The van der Waals surface area contributed by atoms with Crippen LogP contribution >= 0.6 is 0 Å². The standard InChI is InChI=1S/C14H23N3O/c1-6-7-12-8-11(9-13(15-4)16-12)14(18)17(5)10(2)3/h8-10H,6-7H2,1-5H3,(H,15,16). The molecule has 18 heavy (non-hydrogen) atoms. The predicted molar refractivity (Wildman–Crippen MR) is 75.0 cm³/mol. The Balaban J connectivity index is 3.07. The van der Waals surface area contributed by atoms with Gasteiger partial charge in [0.05, 0.1) is 0 Å². The molecule has 0 spiro atoms. The molecule has 0 fully saturated rings. The van der Waals surface area contributed by atoms with Crippen LogP contribution in [0.5, 0.6) is 0 Å². The lowest BCUT2D eigenvalue weighted by molar-refractivity contribution is 0.0754. The number of carbonyl (C=O) groups is 1. The molecule has 0 atom stereocenters. The van der Waals surface area contributed by atoms with E-state index < -0.39 is 0 Å². The highest BCUT2D eigenvalue weighted by Gasteiger charge is 2.16. The monoisotopic (exact) mass is 249 g/mol. The zero-order valence-corrected chi connectivity index (χ0v) is 11.9. The average molecular weight is 249 g/mol. The summed E-state index contributed by atoms with van der Waals surface area (Å²) in [4.78, 5) is 18.5. The fourth-order valence-corrected chi connectivity index (χ4v) is 1.66. The zero-order valence-electron chi connectivity index (χ0n) is 11.9. The van der Waals surface area contributed by atoms with Gasteiger partial charge in [-0.15, -0.1) is 0 Å². The third-order valence-corrected chi connectivity index (χ3v) is 2.98. The quantitative estimate of drug-likeness (QED) is 0.872. The zero-order chi connectivity index (χ0) is 13.7. The summed E-state index contributed by atoms with van der Waals surface area (Å²) in [5.41, 5.74) is 1.67. The van der Waals surface area contributed by atoms with Gasteiger partial charge in [-0.05, 0) is 32.4 Å². The van der Waals surface area contributed by atoms with Gasteiger partial charge in [-0.3, -0.25) is 4.79 Å². The average Bonchev–Trinajstić information content (AvgIpc) is 2.36. The molecule has 100 valence electrons. The Morgan fingerprint density at radius 1 is 1.44 bits per heavy atom. The Hall–Kier alpha value is -1.58. The van der Waals surface area contributed by atoms with E-state index in [2.05, 4.69) is 17.2 Å². The van der Waals surface area contributed by atoms with E-state index in [1.54, 1.807) is 11.0 Å². The first-order chi connectivity index (χ1) is 8.49. The summed E-state index contributed by atoms with van der Waals surface area (Å²) in [5.74, 6) is 0.794. The maximum absolute atomic E-state index is 12.3. The van der Waals surface area contributed by atoms with Gasteiger partial charge in [-0.2, -0.15) is 0 Å². The van der Waals surface area contributed by atoms with Gasteiger partial charge >= 0.3 is 0 Å². The van der Waals surface area contributed by atoms with Crippen LogP contribution in [0.25, 0.3) is 0 Å². The summed E-state index contributed by atoms with van der Waals surface area (Å²) in [6.07, 6.45) is 1.91. The van der Waals surface area contributed by atoms with Crippen LogP contribution in [0.15, 0.2) is 12.1 Å². The van der Waals surface area contributed by atoms with E-state index in [1.807, 2.05) is 34.0 Å². The Bertz CT molecular complexity index is 416. The topological polar surface area (TPSA) is 45.2 Å². The van der Waals surface area contributed by atoms with Crippen LogP contribution in [0.4, 0.5) is 5.82 Å². The highest BCUT2D eigenvalue weighted by Crippen LogP contribution is 2.14. The van der Waals surface area contributed by atoms with E-state index in [9.17, 15) is 4.79 Å². The molecule has 0 aliphatic heterocycles. The van der Waals surface area contributed by atoms with E-state index in [0.717, 1.165) is 24.4 Å². The van der Waals surface area contributed by atoms with Crippen molar-refractivity contribution in [1.29, 1.82) is 0 Å². The number of hydrogen-bond acceptors (Lipinski definition) is 3. The summed E-state index contributed by atoms with van der Waals surface area (Å²) >= 11 is 0. The van der Waals surface area contributed by atoms with E-state index in [1.165, 1.54) is 0 Å². The minimum Gasteiger partial charge on any atom is -0.373 e. The molecule has 0 bridgehead atoms. The molecule has 1 aromatic rings. The van der Waals surface area contributed by atoms with Crippen molar-refractivity contribution < 1.29 is 4.79 Å². The number of aromatic nitrogens is 1. The number of aryl methyl sites for hydroxylation is 1. The molecule has 4 heteroatoms. The van der Waals surface area contributed by atoms with E-state index in [4.69, 9.17) is 0 Å². The van der Waals surface area contributed by atoms with Crippen LogP contribution in [0, 0.1) is 0 Å². The molecule has 1 heterocycles. The molecule has 0 saturated heterocycles. The summed E-state index contributed by atoms with van der Waals surface area (Å²) in [5, 5.41) is 3.01. The second-order valence-corrected chi connectivity index (χ2v) is 4.74. The number of anilines is 1. The summed E-state index contributed by atoms with van der Waals surface area (Å²) in [7, 11) is 3.64. The van der Waals surface area contributed by atoms with Crippen molar-refractivity contribution in [2.75, 3.05) is 19.4 Å². The first-order valence-corrected chi connectivity index (χ1v) is 6.45. The van der Waals surface area contributed by atoms with Gasteiger partial charge in [-0.25, -0.2) is 4.98 Å². The largest absolute Gasteiger partial charge is 0.373 e. The maximum Gasteiger partial charge on any atom is 0.254 e. The number of amides is 1. The Morgan fingerprint density at radius 3 is 2.61 bits per heavy atom. The molecule has 0 saturated carbocycles. The summed E-state index contributed by atoms with van der Waals surface area (Å²) in [6, 6.07) is 3.89. The first-order valence-electron chi connectivity index (χ1n) is 6.45. The molecule has 1 N–H and O–H groups in total. The molecule has 1 rings (SSSR count). The van der Waals surface area contributed by atoms with Crippen LogP contribution in [0.2, 0.25) is 0 Å². The number of hydrogen-bond donors (Lipinski definition) is 1. The third-order valence-electron chi connectivity index (χ3n) is 2.98. The van der Waals surface area contributed by atoms with Crippen LogP contribution in [0.3, 0.4) is 0 Å². The van der Waals surface area contributed by atoms with Gasteiger partial charge in [0.1, 0.15) is 5.82 Å². The Kier molecular flexibility index (Phi) is 5.13. The molecule has 1 amide bonds. The fourth-order valence-electron chi connectivity index (χ4n) is 1.66. The molecular weight excluding hydrogens is 226 g/mol. The highest BCUT2D eigenvalue weighted by atomic mass is 16.2. The van der Waals surface area contributed by atoms with Crippen molar-refractivity contribution in [3.05, 3.63) is 23.4 Å². The predicted octanol–water partition coefficient (Wildman–Crippen LogP) is 2.56. The number of rotatable bonds is 5. The smallest absolute Gasteiger partial charge is 0.254 e. The van der Waals surface area contributed by atoms with Crippen molar-refractivity contribution in [2.24, 2.45) is 0 Å². The van der Waals surface area contributed by atoms with Gasteiger partial charge in [-0.1, -0.05) is 13.3 Å². The molecule has 1 aromatic heterocycles. The van der Waals surface area contributed by atoms with Crippen LogP contribution in [0.1, 0.15) is 43.2 Å². The van der Waals surface area contributed by atoms with Gasteiger partial charge < -0.3 is 10.2 Å². The Morgan fingerprint density at radius 2 is 2.11 bits per heavy atom. The van der Waals surface area contributed by atoms with E-state index in [0.29, 0.717) is 5.56 Å². The minimum absolute atomic E-state index is 0.0428. The normalized spacial score (nSPS) is 10.6. The lowest BCUT2D eigenvalue weighted by Crippen LogP contribution is -2.33. The van der Waals surface area contributed by atoms with Crippen molar-refractivity contribution in [3.8, 4) is 0 Å². The molecule has 0 radical (unpaired) electrons. The minimum atomic E-state index is 0.0428. The van der Waals surface area contributed by atoms with Crippen molar-refractivity contribution >= 4 is 11.7 Å². The van der Waals surface area contributed by atoms with Gasteiger partial charge in [0.2, 0.25) is 0 Å². The molecule has 0 aliphatic carbocycles. The first kappa shape index (κ1) is 14.5. The third kappa shape index (κ3) is 3.45. The van der Waals surface area contributed by atoms with Crippen molar-refractivity contribution in [2.45, 2.75) is 39.7 Å². The van der Waals surface area contributed by atoms with Crippen LogP contribution in [-0.2, 0) is 6.42 Å². The van der Waals surface area contributed by atoms with Gasteiger partial charge in [0, 0.05) is 31.4 Å². The van der Waals surface area contributed by atoms with Crippen molar-refractivity contribution in [3.63, 3.8) is 0 Å². The number of carbonyl (C=O) groups excluding carboxylic acids is 1. The van der Waals surface area contributed by atoms with E-state index in [-0.39, 0.29) is 11.9 Å². The summed E-state index contributed by atoms with van der Waals surface area (Å²) < 4.78 is 0. The fraction of sp³-hybridized carbons (Fsp3) is 0.571. The van der Waals surface area contributed by atoms with Gasteiger partial charge in [0.15, 0.2) is 0 Å². The number of nitrogens with zero attached hydrogens (tertiary/aromatic N) is 2. The van der Waals surface area contributed by atoms with E-state index >= 15 is 0 Å². The summed E-state index contributed by atoms with van der Waals surface area (Å²) in [6.45, 7) is 6.12. The number of pyridine rings is 1. The molecule has 4 nitrogen and oxygen atoms in total. The number of nitrogens with one attached hydrogen (secondary N) is 1. The molecule has 0 aliphatic rings. The lowest BCUT2D eigenvalue weighted by atomic mass is 10.1. The second kappa shape index (κ2) is 6.38. The SMILES string of the molecule is CCCc1cc(C(=O)N(C)C(C)C)cc(NC)n1. The van der Waals surface area contributed by atoms with Crippen molar-refractivity contribution in [1.82, 2.24) is 9.88 Å². The Labute approximate surface area is 109 Å². The molecule has 0 aromatic carbocycles. The highest BCUT2D eigenvalue weighted by molar-refractivity contribution is 5.95. The maximum atomic E-state index is 12.3. The van der Waals surface area contributed by atoms with Crippen LogP contribution < -0.4 is 5.32 Å². The van der Waals surface area contributed by atoms with Gasteiger partial charge in [0.25, 0.3) is 5.91 Å². The second-order valence-electron chi connectivity index (χ2n) is 4.74. The van der Waals surface area contributed by atoms with Crippen LogP contribution in [-0.4, -0.2) is 35.9 Å².